The highest BCUT2D eigenvalue weighted by Crippen LogP contribution is 2.31. The molecule has 0 atom stereocenters. The predicted octanol–water partition coefficient (Wildman–Crippen LogP) is 5.11. The Morgan fingerprint density at radius 3 is 2.57 bits per heavy atom. The molecule has 0 bridgehead atoms. The second kappa shape index (κ2) is 9.80. The molecule has 0 radical (unpaired) electrons. The van der Waals surface area contributed by atoms with E-state index in [9.17, 15) is 18.0 Å². The summed E-state index contributed by atoms with van der Waals surface area (Å²) < 4.78 is 41.2. The summed E-state index contributed by atoms with van der Waals surface area (Å²) in [6, 6.07) is 13.7. The maximum Gasteiger partial charge on any atom is 0.416 e. The van der Waals surface area contributed by atoms with Crippen LogP contribution in [0.3, 0.4) is 0 Å². The molecule has 1 heterocycles. The van der Waals surface area contributed by atoms with Crippen molar-refractivity contribution in [2.75, 3.05) is 5.75 Å². The van der Waals surface area contributed by atoms with Gasteiger partial charge in [-0.25, -0.2) is 0 Å². The van der Waals surface area contributed by atoms with Gasteiger partial charge in [0.15, 0.2) is 11.0 Å². The number of carbonyl (C=O) groups excluding carboxylic acids is 1. The van der Waals surface area contributed by atoms with Crippen LogP contribution in [-0.4, -0.2) is 26.4 Å². The van der Waals surface area contributed by atoms with Crippen LogP contribution in [-0.2, 0) is 12.7 Å². The fourth-order valence-corrected chi connectivity index (χ4v) is 3.80. The van der Waals surface area contributed by atoms with E-state index in [1.165, 1.54) is 17.8 Å². The molecule has 5 nitrogen and oxygen atoms in total. The number of benzene rings is 2. The van der Waals surface area contributed by atoms with E-state index in [1.807, 2.05) is 0 Å². The molecule has 0 unspecified atom stereocenters. The number of rotatable bonds is 8. The summed E-state index contributed by atoms with van der Waals surface area (Å²) in [6.07, 6.45) is -2.52. The van der Waals surface area contributed by atoms with E-state index >= 15 is 0 Å². The minimum absolute atomic E-state index is 0.0330. The third-order valence-electron chi connectivity index (χ3n) is 4.30. The summed E-state index contributed by atoms with van der Waals surface area (Å²) >= 11 is 1.43. The summed E-state index contributed by atoms with van der Waals surface area (Å²) in [5, 5.41) is 11.5. The molecule has 1 aromatic heterocycles. The molecular formula is C21H21F3N4OS. The number of nitrogens with zero attached hydrogens (tertiary/aromatic N) is 3. The lowest BCUT2D eigenvalue weighted by Crippen LogP contribution is -2.24. The molecule has 1 N–H and O–H groups in total. The zero-order chi connectivity index (χ0) is 21.6. The zero-order valence-electron chi connectivity index (χ0n) is 16.3. The number of amides is 1. The number of thioether (sulfide) groups is 1. The van der Waals surface area contributed by atoms with Crippen LogP contribution >= 0.6 is 11.8 Å². The minimum Gasteiger partial charge on any atom is -0.345 e. The van der Waals surface area contributed by atoms with E-state index < -0.39 is 11.7 Å². The van der Waals surface area contributed by atoms with Crippen molar-refractivity contribution >= 4 is 17.7 Å². The van der Waals surface area contributed by atoms with Crippen molar-refractivity contribution in [2.24, 2.45) is 0 Å². The third-order valence-corrected chi connectivity index (χ3v) is 5.32. The lowest BCUT2D eigenvalue weighted by atomic mass is 10.2. The molecule has 0 aliphatic heterocycles. The molecule has 1 amide bonds. The quantitative estimate of drug-likeness (QED) is 0.395. The Morgan fingerprint density at radius 1 is 1.10 bits per heavy atom. The highest BCUT2D eigenvalue weighted by atomic mass is 32.2. The molecule has 158 valence electrons. The monoisotopic (exact) mass is 434 g/mol. The smallest absolute Gasteiger partial charge is 0.345 e. The van der Waals surface area contributed by atoms with Gasteiger partial charge in [-0.15, -0.1) is 10.2 Å². The van der Waals surface area contributed by atoms with Gasteiger partial charge < -0.3 is 5.32 Å². The van der Waals surface area contributed by atoms with E-state index in [0.29, 0.717) is 22.2 Å². The van der Waals surface area contributed by atoms with E-state index in [1.54, 1.807) is 41.0 Å². The molecule has 0 saturated heterocycles. The first-order valence-electron chi connectivity index (χ1n) is 9.48. The zero-order valence-corrected chi connectivity index (χ0v) is 17.1. The van der Waals surface area contributed by atoms with Gasteiger partial charge in [0.2, 0.25) is 0 Å². The average molecular weight is 434 g/mol. The van der Waals surface area contributed by atoms with Crippen LogP contribution in [0.1, 0.15) is 41.5 Å². The molecule has 3 aromatic rings. The first-order valence-corrected chi connectivity index (χ1v) is 10.5. The molecule has 0 saturated carbocycles. The minimum atomic E-state index is -4.46. The van der Waals surface area contributed by atoms with Gasteiger partial charge >= 0.3 is 6.18 Å². The Hall–Kier alpha value is -2.81. The Morgan fingerprint density at radius 2 is 1.87 bits per heavy atom. The van der Waals surface area contributed by atoms with Gasteiger partial charge in [-0.3, -0.25) is 9.36 Å². The number of hydrogen-bond acceptors (Lipinski definition) is 4. The van der Waals surface area contributed by atoms with Crippen LogP contribution in [0, 0.1) is 0 Å². The third kappa shape index (κ3) is 5.41. The summed E-state index contributed by atoms with van der Waals surface area (Å²) in [6.45, 7) is 2.09. The van der Waals surface area contributed by atoms with Gasteiger partial charge in [0, 0.05) is 11.3 Å². The van der Waals surface area contributed by atoms with Gasteiger partial charge in [-0.2, -0.15) is 13.2 Å². The number of alkyl halides is 3. The average Bonchev–Trinajstić information content (AvgIpc) is 3.15. The molecule has 9 heteroatoms. The Kier molecular flexibility index (Phi) is 7.15. The normalized spacial score (nSPS) is 11.5. The largest absolute Gasteiger partial charge is 0.416 e. The van der Waals surface area contributed by atoms with Gasteiger partial charge in [0.05, 0.1) is 17.8 Å². The maximum atomic E-state index is 13.2. The lowest BCUT2D eigenvalue weighted by Gasteiger charge is -2.13. The molecule has 0 fully saturated rings. The number of aromatic nitrogens is 3. The van der Waals surface area contributed by atoms with E-state index in [0.717, 1.165) is 30.7 Å². The van der Waals surface area contributed by atoms with Crippen molar-refractivity contribution in [1.82, 2.24) is 20.1 Å². The molecule has 2 aromatic carbocycles. The Balaban J connectivity index is 1.89. The summed E-state index contributed by atoms with van der Waals surface area (Å²) in [7, 11) is 0. The second-order valence-electron chi connectivity index (χ2n) is 6.53. The first kappa shape index (κ1) is 21.9. The highest BCUT2D eigenvalue weighted by Gasteiger charge is 2.31. The topological polar surface area (TPSA) is 59.8 Å². The van der Waals surface area contributed by atoms with E-state index in [4.69, 9.17) is 0 Å². The van der Waals surface area contributed by atoms with Crippen LogP contribution in [0.5, 0.6) is 0 Å². The molecule has 0 aliphatic rings. The Bertz CT molecular complexity index is 989. The van der Waals surface area contributed by atoms with Gasteiger partial charge in [-0.1, -0.05) is 49.4 Å². The number of nitrogens with one attached hydrogen (secondary N) is 1. The van der Waals surface area contributed by atoms with Crippen molar-refractivity contribution in [3.8, 4) is 5.69 Å². The van der Waals surface area contributed by atoms with Gasteiger partial charge in [0.1, 0.15) is 0 Å². The van der Waals surface area contributed by atoms with Crippen molar-refractivity contribution in [3.05, 3.63) is 71.5 Å². The number of carbonyl (C=O) groups is 1. The van der Waals surface area contributed by atoms with Crippen molar-refractivity contribution < 1.29 is 18.0 Å². The van der Waals surface area contributed by atoms with E-state index in [2.05, 4.69) is 22.4 Å². The van der Waals surface area contributed by atoms with Crippen LogP contribution in [0.4, 0.5) is 13.2 Å². The molecule has 0 aliphatic carbocycles. The van der Waals surface area contributed by atoms with Gasteiger partial charge in [0.25, 0.3) is 5.91 Å². The second-order valence-corrected chi connectivity index (χ2v) is 7.60. The number of unbranched alkanes of at least 4 members (excludes halogenated alkanes) is 1. The lowest BCUT2D eigenvalue weighted by molar-refractivity contribution is -0.137. The summed E-state index contributed by atoms with van der Waals surface area (Å²) in [5.74, 6) is 0.830. The molecule has 0 spiro atoms. The number of halogens is 3. The van der Waals surface area contributed by atoms with Crippen LogP contribution in [0.15, 0.2) is 59.8 Å². The summed E-state index contributed by atoms with van der Waals surface area (Å²) in [4.78, 5) is 12.3. The van der Waals surface area contributed by atoms with Crippen LogP contribution < -0.4 is 5.32 Å². The van der Waals surface area contributed by atoms with Crippen LogP contribution in [0.25, 0.3) is 5.69 Å². The molecule has 3 rings (SSSR count). The standard InChI is InChI=1S/C21H21F3N4OS/c1-2-3-12-30-20-27-26-18(14-25-19(29)15-8-5-4-6-9-15)28(20)17-11-7-10-16(13-17)21(22,23)24/h4-11,13H,2-3,12,14H2,1H3,(H,25,29). The maximum absolute atomic E-state index is 13.2. The predicted molar refractivity (Wildman–Crippen MR) is 110 cm³/mol. The van der Waals surface area contributed by atoms with E-state index in [-0.39, 0.29) is 12.5 Å². The SMILES string of the molecule is CCCCSc1nnc(CNC(=O)c2ccccc2)n1-c1cccc(C(F)(F)F)c1. The van der Waals surface area contributed by atoms with Crippen molar-refractivity contribution in [1.29, 1.82) is 0 Å². The molecule has 30 heavy (non-hydrogen) atoms. The van der Waals surface area contributed by atoms with Crippen molar-refractivity contribution in [3.63, 3.8) is 0 Å². The van der Waals surface area contributed by atoms with Crippen molar-refractivity contribution in [2.45, 2.75) is 37.6 Å². The van der Waals surface area contributed by atoms with Gasteiger partial charge in [-0.05, 0) is 36.8 Å². The molecular weight excluding hydrogens is 413 g/mol. The fraction of sp³-hybridized carbons (Fsp3) is 0.286. The Labute approximate surface area is 176 Å². The number of hydrogen-bond donors (Lipinski definition) is 1. The summed E-state index contributed by atoms with van der Waals surface area (Å²) in [5.41, 5.74) is 0.0374. The fourth-order valence-electron chi connectivity index (χ4n) is 2.75. The first-order chi connectivity index (χ1) is 14.4. The highest BCUT2D eigenvalue weighted by molar-refractivity contribution is 7.99. The van der Waals surface area contributed by atoms with Crippen LogP contribution in [0.2, 0.25) is 0 Å².